The van der Waals surface area contributed by atoms with Crippen LogP contribution in [0.2, 0.25) is 0 Å². The number of furan rings is 1. The molecule has 26 heavy (non-hydrogen) atoms. The number of amides is 1. The number of nitrogens with one attached hydrogen (secondary N) is 1. The molecule has 142 valence electrons. The smallest absolute Gasteiger partial charge is 0.252 e. The summed E-state index contributed by atoms with van der Waals surface area (Å²) in [6.45, 7) is 3.89. The lowest BCUT2D eigenvalue weighted by molar-refractivity contribution is -0.123. The number of halogens is 1. The Bertz CT molecular complexity index is 843. The van der Waals surface area contributed by atoms with E-state index < -0.39 is 10.0 Å². The van der Waals surface area contributed by atoms with Crippen molar-refractivity contribution in [1.82, 2.24) is 14.5 Å². The first-order valence-electron chi connectivity index (χ1n) is 8.17. The molecule has 10 heteroatoms. The van der Waals surface area contributed by atoms with E-state index in [0.717, 1.165) is 3.79 Å². The predicted molar refractivity (Wildman–Crippen MR) is 102 cm³/mol. The van der Waals surface area contributed by atoms with Crippen molar-refractivity contribution in [2.45, 2.75) is 17.2 Å². The van der Waals surface area contributed by atoms with E-state index in [4.69, 9.17) is 4.42 Å². The molecule has 1 aliphatic heterocycles. The van der Waals surface area contributed by atoms with Crippen molar-refractivity contribution in [3.8, 4) is 0 Å². The highest BCUT2D eigenvalue weighted by atomic mass is 79.9. The van der Waals surface area contributed by atoms with Gasteiger partial charge in [0.2, 0.25) is 5.91 Å². The van der Waals surface area contributed by atoms with Crippen LogP contribution in [0.5, 0.6) is 0 Å². The number of carbonyl (C=O) groups is 1. The summed E-state index contributed by atoms with van der Waals surface area (Å²) in [6, 6.07) is 6.75. The van der Waals surface area contributed by atoms with Gasteiger partial charge in [0.15, 0.2) is 0 Å². The van der Waals surface area contributed by atoms with Gasteiger partial charge in [-0.15, -0.1) is 11.3 Å². The molecule has 0 saturated carbocycles. The van der Waals surface area contributed by atoms with Crippen molar-refractivity contribution in [3.05, 3.63) is 40.1 Å². The third kappa shape index (κ3) is 4.55. The molecule has 1 fully saturated rings. The van der Waals surface area contributed by atoms with E-state index in [-0.39, 0.29) is 18.5 Å². The third-order valence-corrected chi connectivity index (χ3v) is 8.18. The molecule has 0 aliphatic carbocycles. The van der Waals surface area contributed by atoms with Crippen LogP contribution in [-0.4, -0.2) is 56.3 Å². The van der Waals surface area contributed by atoms with Gasteiger partial charge in [-0.25, -0.2) is 8.42 Å². The Morgan fingerprint density at radius 2 is 2.04 bits per heavy atom. The fraction of sp³-hybridized carbons (Fsp3) is 0.438. The maximum absolute atomic E-state index is 12.6. The number of thiophene rings is 1. The largest absolute Gasteiger partial charge is 0.467 e. The zero-order valence-corrected chi connectivity index (χ0v) is 17.4. The highest BCUT2D eigenvalue weighted by Gasteiger charge is 2.30. The Kier molecular flexibility index (Phi) is 6.18. The number of rotatable bonds is 6. The fourth-order valence-corrected chi connectivity index (χ4v) is 6.38. The zero-order chi connectivity index (χ0) is 18.7. The van der Waals surface area contributed by atoms with Crippen LogP contribution in [0.1, 0.15) is 18.7 Å². The molecule has 0 bridgehead atoms. The Morgan fingerprint density at radius 3 is 2.62 bits per heavy atom. The van der Waals surface area contributed by atoms with E-state index in [2.05, 4.69) is 21.2 Å². The first-order valence-corrected chi connectivity index (χ1v) is 11.2. The van der Waals surface area contributed by atoms with Gasteiger partial charge in [-0.05, 0) is 47.1 Å². The van der Waals surface area contributed by atoms with Crippen molar-refractivity contribution in [3.63, 3.8) is 0 Å². The Morgan fingerprint density at radius 1 is 1.31 bits per heavy atom. The molecule has 1 atom stereocenters. The van der Waals surface area contributed by atoms with Gasteiger partial charge in [-0.3, -0.25) is 9.69 Å². The van der Waals surface area contributed by atoms with Crippen LogP contribution in [0.4, 0.5) is 0 Å². The zero-order valence-electron chi connectivity index (χ0n) is 14.2. The minimum absolute atomic E-state index is 0.104. The topological polar surface area (TPSA) is 82.9 Å². The molecule has 1 N–H and O–H groups in total. The summed E-state index contributed by atoms with van der Waals surface area (Å²) >= 11 is 4.50. The maximum Gasteiger partial charge on any atom is 0.252 e. The minimum atomic E-state index is -3.46. The van der Waals surface area contributed by atoms with Crippen LogP contribution >= 0.6 is 27.3 Å². The van der Waals surface area contributed by atoms with Gasteiger partial charge in [0, 0.05) is 26.2 Å². The van der Waals surface area contributed by atoms with E-state index in [1.165, 1.54) is 15.6 Å². The van der Waals surface area contributed by atoms with Crippen molar-refractivity contribution in [2.75, 3.05) is 32.7 Å². The van der Waals surface area contributed by atoms with Crippen molar-refractivity contribution >= 4 is 43.2 Å². The normalized spacial score (nSPS) is 17.9. The second kappa shape index (κ2) is 8.22. The van der Waals surface area contributed by atoms with Crippen molar-refractivity contribution in [2.24, 2.45) is 0 Å². The number of hydrogen-bond donors (Lipinski definition) is 1. The first kappa shape index (κ1) is 19.6. The summed E-state index contributed by atoms with van der Waals surface area (Å²) in [5.74, 6) is 0.601. The van der Waals surface area contributed by atoms with Crippen LogP contribution in [0, 0.1) is 0 Å². The number of piperazine rings is 1. The van der Waals surface area contributed by atoms with E-state index in [1.807, 2.05) is 17.9 Å². The van der Waals surface area contributed by atoms with Crippen LogP contribution in [0.15, 0.2) is 42.9 Å². The molecule has 2 aromatic heterocycles. The molecule has 3 heterocycles. The average Bonchev–Trinajstić information content (AvgIpc) is 3.27. The summed E-state index contributed by atoms with van der Waals surface area (Å²) in [6.07, 6.45) is 1.57. The third-order valence-electron chi connectivity index (χ3n) is 4.19. The Balaban J connectivity index is 1.50. The summed E-state index contributed by atoms with van der Waals surface area (Å²) in [4.78, 5) is 14.1. The predicted octanol–water partition coefficient (Wildman–Crippen LogP) is 2.29. The molecule has 3 rings (SSSR count). The highest BCUT2D eigenvalue weighted by Crippen LogP contribution is 2.28. The second-order valence-corrected chi connectivity index (χ2v) is 10.7. The van der Waals surface area contributed by atoms with Crippen LogP contribution in [0.25, 0.3) is 0 Å². The van der Waals surface area contributed by atoms with Crippen LogP contribution < -0.4 is 5.32 Å². The number of carbonyl (C=O) groups excluding carboxylic acids is 1. The van der Waals surface area contributed by atoms with Gasteiger partial charge in [0.05, 0.1) is 22.6 Å². The Labute approximate surface area is 165 Å². The molecule has 2 aromatic rings. The van der Waals surface area contributed by atoms with E-state index in [1.54, 1.807) is 24.5 Å². The van der Waals surface area contributed by atoms with E-state index in [0.29, 0.717) is 36.1 Å². The highest BCUT2D eigenvalue weighted by molar-refractivity contribution is 9.11. The second-order valence-electron chi connectivity index (χ2n) is 6.04. The van der Waals surface area contributed by atoms with Gasteiger partial charge in [-0.2, -0.15) is 4.31 Å². The molecule has 1 unspecified atom stereocenters. The van der Waals surface area contributed by atoms with Crippen LogP contribution in [-0.2, 0) is 14.8 Å². The van der Waals surface area contributed by atoms with Crippen molar-refractivity contribution < 1.29 is 17.6 Å². The van der Waals surface area contributed by atoms with Crippen LogP contribution in [0.3, 0.4) is 0 Å². The molecule has 7 nitrogen and oxygen atoms in total. The fourth-order valence-electron chi connectivity index (χ4n) is 2.79. The minimum Gasteiger partial charge on any atom is -0.467 e. The lowest BCUT2D eigenvalue weighted by atomic mass is 10.2. The molecule has 0 spiro atoms. The molecule has 1 aliphatic rings. The number of hydrogen-bond acceptors (Lipinski definition) is 6. The molecule has 1 saturated heterocycles. The molecular weight excluding hydrogens is 442 g/mol. The molecule has 0 radical (unpaired) electrons. The lowest BCUT2D eigenvalue weighted by Gasteiger charge is -2.33. The van der Waals surface area contributed by atoms with E-state index in [9.17, 15) is 13.2 Å². The molecule has 1 amide bonds. The van der Waals surface area contributed by atoms with Crippen molar-refractivity contribution in [1.29, 1.82) is 0 Å². The van der Waals surface area contributed by atoms with Gasteiger partial charge in [0.25, 0.3) is 10.0 Å². The SMILES string of the molecule is CC(NC(=O)CN1CCN(S(=O)(=O)c2ccc(Br)s2)CC1)c1ccco1. The molecular formula is C16H20BrN3O4S2. The van der Waals surface area contributed by atoms with E-state index >= 15 is 0 Å². The van der Waals surface area contributed by atoms with Gasteiger partial charge in [-0.1, -0.05) is 0 Å². The maximum atomic E-state index is 12.6. The Hall–Kier alpha value is -1.20. The summed E-state index contributed by atoms with van der Waals surface area (Å²) in [7, 11) is -3.46. The number of sulfonamides is 1. The standard InChI is InChI=1S/C16H20BrN3O4S2/c1-12(13-3-2-10-24-13)18-15(21)11-19-6-8-20(9-7-19)26(22,23)16-5-4-14(17)25-16/h2-5,10,12H,6-9,11H2,1H3,(H,18,21). The van der Waals surface area contributed by atoms with Gasteiger partial charge in [0.1, 0.15) is 9.97 Å². The molecule has 0 aromatic carbocycles. The van der Waals surface area contributed by atoms with Gasteiger partial charge >= 0.3 is 0 Å². The lowest BCUT2D eigenvalue weighted by Crippen LogP contribution is -2.51. The summed E-state index contributed by atoms with van der Waals surface area (Å²) < 4.78 is 33.1. The average molecular weight is 462 g/mol. The first-order chi connectivity index (χ1) is 12.4. The summed E-state index contributed by atoms with van der Waals surface area (Å²) in [5, 5.41) is 2.89. The monoisotopic (exact) mass is 461 g/mol. The summed E-state index contributed by atoms with van der Waals surface area (Å²) in [5.41, 5.74) is 0. The quantitative estimate of drug-likeness (QED) is 0.713. The number of nitrogens with zero attached hydrogens (tertiary/aromatic N) is 2. The van der Waals surface area contributed by atoms with Gasteiger partial charge < -0.3 is 9.73 Å².